The highest BCUT2D eigenvalue weighted by Gasteiger charge is 2.17. The fourth-order valence-corrected chi connectivity index (χ4v) is 6.02. The van der Waals surface area contributed by atoms with Gasteiger partial charge in [0.25, 0.3) is 0 Å². The molecule has 2 aromatic heterocycles. The lowest BCUT2D eigenvalue weighted by molar-refractivity contribution is 0.904. The SMILES string of the molecule is C=Cn1c(-n2c(C)nc3cc4ccccc4cc32)nc2cc3ccccc3cc21.CCc1cc2ccccc2cc1C. The second kappa shape index (κ2) is 10.3. The van der Waals surface area contributed by atoms with E-state index in [4.69, 9.17) is 9.97 Å². The average Bonchev–Trinajstić information content (AvgIpc) is 3.53. The van der Waals surface area contributed by atoms with Crippen molar-refractivity contribution in [3.05, 3.63) is 133 Å². The molecular weight excluding hydrogens is 512 g/mol. The van der Waals surface area contributed by atoms with E-state index in [1.165, 1.54) is 43.4 Å². The molecule has 0 amide bonds. The van der Waals surface area contributed by atoms with Gasteiger partial charge in [-0.1, -0.05) is 98.4 Å². The molecule has 0 N–H and O–H groups in total. The van der Waals surface area contributed by atoms with Gasteiger partial charge < -0.3 is 0 Å². The van der Waals surface area contributed by atoms with Crippen LogP contribution in [0.1, 0.15) is 23.9 Å². The Balaban J connectivity index is 0.000000186. The molecule has 0 aliphatic heterocycles. The quantitative estimate of drug-likeness (QED) is 0.222. The van der Waals surface area contributed by atoms with Crippen LogP contribution in [0.3, 0.4) is 0 Å². The van der Waals surface area contributed by atoms with Crippen LogP contribution in [0.15, 0.2) is 116 Å². The van der Waals surface area contributed by atoms with Crippen molar-refractivity contribution in [2.75, 3.05) is 0 Å². The molecule has 0 saturated carbocycles. The standard InChI is InChI=1S/C25H18N4.C13H14/c1-3-28-23-14-19-10-6-4-8-17(19)12-21(23)27-25(28)29-16(2)26-22-13-18-9-5-7-11-20(18)15-24(22)29;1-3-11-9-13-7-5-4-6-12(13)8-10(11)2/h3-15H,1H2,2H3;4-9H,3H2,1-2H3. The maximum absolute atomic E-state index is 4.98. The van der Waals surface area contributed by atoms with Gasteiger partial charge in [0.2, 0.25) is 5.95 Å². The van der Waals surface area contributed by atoms with Crippen molar-refractivity contribution in [2.24, 2.45) is 0 Å². The van der Waals surface area contributed by atoms with Crippen molar-refractivity contribution < 1.29 is 0 Å². The summed E-state index contributed by atoms with van der Waals surface area (Å²) in [6.07, 6.45) is 2.95. The number of hydrogen-bond donors (Lipinski definition) is 0. The van der Waals surface area contributed by atoms with Crippen LogP contribution in [0.4, 0.5) is 0 Å². The molecular formula is C38H32N4. The second-order valence-electron chi connectivity index (χ2n) is 10.8. The van der Waals surface area contributed by atoms with Crippen LogP contribution in [0, 0.1) is 13.8 Å². The van der Waals surface area contributed by atoms with E-state index in [0.717, 1.165) is 40.3 Å². The Morgan fingerprint density at radius 3 is 1.64 bits per heavy atom. The first-order valence-corrected chi connectivity index (χ1v) is 14.4. The van der Waals surface area contributed by atoms with E-state index in [-0.39, 0.29) is 0 Å². The summed E-state index contributed by atoms with van der Waals surface area (Å²) in [6, 6.07) is 38.5. The van der Waals surface area contributed by atoms with E-state index in [9.17, 15) is 0 Å². The van der Waals surface area contributed by atoms with Crippen molar-refractivity contribution in [1.29, 1.82) is 0 Å². The molecule has 0 bridgehead atoms. The van der Waals surface area contributed by atoms with E-state index < -0.39 is 0 Å². The third-order valence-electron chi connectivity index (χ3n) is 8.20. The number of hydrogen-bond acceptors (Lipinski definition) is 2. The van der Waals surface area contributed by atoms with E-state index in [0.29, 0.717) is 0 Å². The maximum Gasteiger partial charge on any atom is 0.221 e. The number of imidazole rings is 2. The summed E-state index contributed by atoms with van der Waals surface area (Å²) >= 11 is 0. The zero-order valence-corrected chi connectivity index (χ0v) is 24.2. The average molecular weight is 545 g/mol. The first-order chi connectivity index (χ1) is 20.5. The van der Waals surface area contributed by atoms with Crippen molar-refractivity contribution in [3.63, 3.8) is 0 Å². The van der Waals surface area contributed by atoms with Gasteiger partial charge in [0.05, 0.1) is 22.1 Å². The Kier molecular flexibility index (Phi) is 6.32. The molecule has 0 fully saturated rings. The van der Waals surface area contributed by atoms with Crippen LogP contribution in [-0.4, -0.2) is 19.1 Å². The Hall–Kier alpha value is -5.22. The lowest BCUT2D eigenvalue weighted by Crippen LogP contribution is -2.04. The predicted molar refractivity (Wildman–Crippen MR) is 179 cm³/mol. The highest BCUT2D eigenvalue weighted by atomic mass is 15.3. The molecule has 0 saturated heterocycles. The molecule has 0 aliphatic rings. The van der Waals surface area contributed by atoms with Crippen molar-refractivity contribution >= 4 is 60.6 Å². The Morgan fingerprint density at radius 2 is 1.10 bits per heavy atom. The summed E-state index contributed by atoms with van der Waals surface area (Å²) in [6.45, 7) is 10.5. The van der Waals surface area contributed by atoms with E-state index in [2.05, 4.69) is 134 Å². The molecule has 204 valence electrons. The minimum atomic E-state index is 0.806. The van der Waals surface area contributed by atoms with Crippen LogP contribution in [0.5, 0.6) is 0 Å². The number of aromatic nitrogens is 4. The lowest BCUT2D eigenvalue weighted by atomic mass is 10.0. The monoisotopic (exact) mass is 544 g/mol. The molecule has 0 radical (unpaired) electrons. The van der Waals surface area contributed by atoms with Crippen molar-refractivity contribution in [2.45, 2.75) is 27.2 Å². The fourth-order valence-electron chi connectivity index (χ4n) is 6.02. The van der Waals surface area contributed by atoms with Gasteiger partial charge >= 0.3 is 0 Å². The zero-order chi connectivity index (χ0) is 28.8. The molecule has 2 heterocycles. The van der Waals surface area contributed by atoms with Crippen LogP contribution < -0.4 is 0 Å². The number of aryl methyl sites for hydroxylation is 3. The fraction of sp³-hybridized carbons (Fsp3) is 0.105. The predicted octanol–water partition coefficient (Wildman–Crippen LogP) is 9.80. The third kappa shape index (κ3) is 4.33. The summed E-state index contributed by atoms with van der Waals surface area (Å²) in [5, 5.41) is 7.44. The molecule has 8 rings (SSSR count). The number of rotatable bonds is 3. The minimum absolute atomic E-state index is 0.806. The summed E-state index contributed by atoms with van der Waals surface area (Å²) < 4.78 is 4.17. The highest BCUT2D eigenvalue weighted by molar-refractivity contribution is 5.98. The van der Waals surface area contributed by atoms with Gasteiger partial charge in [0.15, 0.2) is 0 Å². The van der Waals surface area contributed by atoms with Crippen LogP contribution >= 0.6 is 0 Å². The molecule has 0 unspecified atom stereocenters. The first kappa shape index (κ1) is 25.7. The lowest BCUT2D eigenvalue weighted by Gasteiger charge is -2.08. The summed E-state index contributed by atoms with van der Waals surface area (Å²) in [5.74, 6) is 1.71. The zero-order valence-electron chi connectivity index (χ0n) is 24.2. The van der Waals surface area contributed by atoms with Gasteiger partial charge in [0.1, 0.15) is 5.82 Å². The molecule has 0 spiro atoms. The molecule has 0 atom stereocenters. The molecule has 0 aliphatic carbocycles. The second-order valence-corrected chi connectivity index (χ2v) is 10.8. The van der Waals surface area contributed by atoms with Gasteiger partial charge in [-0.05, 0) is 88.0 Å². The molecule has 8 aromatic rings. The van der Waals surface area contributed by atoms with Gasteiger partial charge in [-0.25, -0.2) is 9.97 Å². The Morgan fingerprint density at radius 1 is 0.619 bits per heavy atom. The molecule has 4 nitrogen and oxygen atoms in total. The van der Waals surface area contributed by atoms with Crippen LogP contribution in [0.25, 0.3) is 66.5 Å². The van der Waals surface area contributed by atoms with E-state index >= 15 is 0 Å². The topological polar surface area (TPSA) is 35.6 Å². The summed E-state index contributed by atoms with van der Waals surface area (Å²) in [7, 11) is 0. The number of fused-ring (bicyclic) bond motifs is 5. The minimum Gasteiger partial charge on any atom is -0.285 e. The van der Waals surface area contributed by atoms with Gasteiger partial charge in [0, 0.05) is 6.20 Å². The third-order valence-corrected chi connectivity index (χ3v) is 8.20. The number of benzene rings is 6. The Labute approximate surface area is 245 Å². The number of nitrogens with zero attached hydrogens (tertiary/aromatic N) is 4. The summed E-state index contributed by atoms with van der Waals surface area (Å²) in [5.41, 5.74) is 6.86. The van der Waals surface area contributed by atoms with Gasteiger partial charge in [-0.3, -0.25) is 9.13 Å². The van der Waals surface area contributed by atoms with E-state index in [1.807, 2.05) is 17.7 Å². The van der Waals surface area contributed by atoms with Crippen LogP contribution in [-0.2, 0) is 6.42 Å². The highest BCUT2D eigenvalue weighted by Crippen LogP contribution is 2.30. The summed E-state index contributed by atoms with van der Waals surface area (Å²) in [4.78, 5) is 9.80. The molecule has 4 heteroatoms. The molecule has 6 aromatic carbocycles. The van der Waals surface area contributed by atoms with Gasteiger partial charge in [-0.15, -0.1) is 0 Å². The first-order valence-electron chi connectivity index (χ1n) is 14.4. The smallest absolute Gasteiger partial charge is 0.221 e. The maximum atomic E-state index is 4.98. The molecule has 42 heavy (non-hydrogen) atoms. The Bertz CT molecular complexity index is 2280. The normalized spacial score (nSPS) is 11.4. The van der Waals surface area contributed by atoms with E-state index in [1.54, 1.807) is 0 Å². The van der Waals surface area contributed by atoms with Crippen LogP contribution in [0.2, 0.25) is 0 Å². The van der Waals surface area contributed by atoms with Crippen molar-refractivity contribution in [1.82, 2.24) is 19.1 Å². The largest absolute Gasteiger partial charge is 0.285 e. The van der Waals surface area contributed by atoms with Crippen molar-refractivity contribution in [3.8, 4) is 5.95 Å². The van der Waals surface area contributed by atoms with Gasteiger partial charge in [-0.2, -0.15) is 0 Å².